The number of rotatable bonds is 3. The number of nitrogens with zero attached hydrogens (tertiary/aromatic N) is 1. The van der Waals surface area contributed by atoms with Crippen LogP contribution in [0.25, 0.3) is 12.2 Å². The number of hydrogen-bond donors (Lipinski definition) is 1. The highest BCUT2D eigenvalue weighted by Crippen LogP contribution is 2.31. The van der Waals surface area contributed by atoms with Gasteiger partial charge >= 0.3 is 0 Å². The summed E-state index contributed by atoms with van der Waals surface area (Å²) >= 11 is 0. The van der Waals surface area contributed by atoms with Crippen molar-refractivity contribution in [3.63, 3.8) is 0 Å². The number of fused-ring (bicyclic) bond motifs is 1. The Morgan fingerprint density at radius 1 is 1.00 bits per heavy atom. The fraction of sp³-hybridized carbons (Fsp3) is 0.182. The summed E-state index contributed by atoms with van der Waals surface area (Å²) in [6.45, 7) is 1.64. The Morgan fingerprint density at radius 2 is 1.70 bits per heavy atom. The van der Waals surface area contributed by atoms with Crippen LogP contribution >= 0.6 is 0 Å². The summed E-state index contributed by atoms with van der Waals surface area (Å²) < 4.78 is 5.76. The van der Waals surface area contributed by atoms with Gasteiger partial charge in [-0.25, -0.2) is 0 Å². The van der Waals surface area contributed by atoms with Crippen LogP contribution in [0.2, 0.25) is 0 Å². The fourth-order valence-electron chi connectivity index (χ4n) is 3.24. The molecular formula is C22H20N2O3. The van der Waals surface area contributed by atoms with Gasteiger partial charge in [0.15, 0.2) is 11.5 Å². The van der Waals surface area contributed by atoms with Crippen molar-refractivity contribution in [2.75, 3.05) is 18.4 Å². The van der Waals surface area contributed by atoms with Crippen molar-refractivity contribution in [1.29, 1.82) is 0 Å². The Morgan fingerprint density at radius 3 is 2.52 bits per heavy atom. The van der Waals surface area contributed by atoms with E-state index in [1.807, 2.05) is 47.4 Å². The van der Waals surface area contributed by atoms with Crippen molar-refractivity contribution in [3.8, 4) is 5.75 Å². The average molecular weight is 360 g/mol. The molecule has 136 valence electrons. The molecule has 2 heterocycles. The molecule has 0 aliphatic carbocycles. The molecule has 2 amide bonds. The van der Waals surface area contributed by atoms with Crippen molar-refractivity contribution < 1.29 is 14.3 Å². The standard InChI is InChI=1S/C22H20N2O3/c25-21(24-13-5-6-14-24)12-11-16-7-1-2-8-17(16)15-20-22(26)23-18-9-3-4-10-19(18)27-20/h1-4,7-12,15H,5-6,13-14H2,(H,23,26)/b12-11+,20-15-. The number of anilines is 1. The van der Waals surface area contributed by atoms with Crippen LogP contribution in [0.4, 0.5) is 5.69 Å². The second-order valence-corrected chi connectivity index (χ2v) is 6.56. The molecule has 0 bridgehead atoms. The van der Waals surface area contributed by atoms with Crippen molar-refractivity contribution in [3.05, 3.63) is 71.5 Å². The maximum absolute atomic E-state index is 12.3. The van der Waals surface area contributed by atoms with E-state index in [1.54, 1.807) is 24.3 Å². The second-order valence-electron chi connectivity index (χ2n) is 6.56. The molecule has 5 nitrogen and oxygen atoms in total. The minimum atomic E-state index is -0.291. The first-order chi connectivity index (χ1) is 13.2. The molecule has 1 saturated heterocycles. The molecule has 2 aromatic carbocycles. The van der Waals surface area contributed by atoms with Gasteiger partial charge < -0.3 is 15.0 Å². The van der Waals surface area contributed by atoms with E-state index in [0.717, 1.165) is 37.1 Å². The van der Waals surface area contributed by atoms with Crippen molar-refractivity contribution in [2.45, 2.75) is 12.8 Å². The third kappa shape index (κ3) is 3.77. The highest BCUT2D eigenvalue weighted by molar-refractivity contribution is 6.08. The molecule has 27 heavy (non-hydrogen) atoms. The van der Waals surface area contributed by atoms with E-state index in [2.05, 4.69) is 5.32 Å². The molecule has 0 aromatic heterocycles. The zero-order valence-electron chi connectivity index (χ0n) is 14.9. The summed E-state index contributed by atoms with van der Waals surface area (Å²) in [7, 11) is 0. The van der Waals surface area contributed by atoms with E-state index in [-0.39, 0.29) is 17.6 Å². The number of benzene rings is 2. The maximum Gasteiger partial charge on any atom is 0.291 e. The summed E-state index contributed by atoms with van der Waals surface area (Å²) in [6, 6.07) is 14.9. The molecule has 0 unspecified atom stereocenters. The summed E-state index contributed by atoms with van der Waals surface area (Å²) in [5.74, 6) is 0.567. The van der Waals surface area contributed by atoms with Gasteiger partial charge in [0, 0.05) is 19.2 Å². The Kier molecular flexibility index (Phi) is 4.75. The van der Waals surface area contributed by atoms with Crippen LogP contribution in [0.3, 0.4) is 0 Å². The number of amides is 2. The molecule has 2 aliphatic rings. The lowest BCUT2D eigenvalue weighted by molar-refractivity contribution is -0.124. The summed E-state index contributed by atoms with van der Waals surface area (Å²) in [5, 5.41) is 2.83. The van der Waals surface area contributed by atoms with E-state index >= 15 is 0 Å². The van der Waals surface area contributed by atoms with Crippen LogP contribution in [0.15, 0.2) is 60.4 Å². The normalized spacial score (nSPS) is 17.7. The van der Waals surface area contributed by atoms with Gasteiger partial charge in [-0.2, -0.15) is 0 Å². The first-order valence-corrected chi connectivity index (χ1v) is 9.07. The third-order valence-corrected chi connectivity index (χ3v) is 4.68. The van der Waals surface area contributed by atoms with Gasteiger partial charge in [0.1, 0.15) is 0 Å². The van der Waals surface area contributed by atoms with Crippen LogP contribution in [0.1, 0.15) is 24.0 Å². The zero-order valence-corrected chi connectivity index (χ0v) is 14.9. The summed E-state index contributed by atoms with van der Waals surface area (Å²) in [5.41, 5.74) is 2.32. The first-order valence-electron chi connectivity index (χ1n) is 9.07. The number of likely N-dealkylation sites (tertiary alicyclic amines) is 1. The SMILES string of the molecule is O=C1Nc2ccccc2O/C1=C\c1ccccc1/C=C/C(=O)N1CCCC1. The minimum absolute atomic E-state index is 0.0237. The van der Waals surface area contributed by atoms with Crippen LogP contribution < -0.4 is 10.1 Å². The highest BCUT2D eigenvalue weighted by atomic mass is 16.5. The molecule has 0 saturated carbocycles. The zero-order chi connectivity index (χ0) is 18.6. The predicted octanol–water partition coefficient (Wildman–Crippen LogP) is 3.69. The lowest BCUT2D eigenvalue weighted by Gasteiger charge is -2.19. The van der Waals surface area contributed by atoms with Crippen molar-refractivity contribution >= 4 is 29.7 Å². The topological polar surface area (TPSA) is 58.6 Å². The number of hydrogen-bond acceptors (Lipinski definition) is 3. The molecule has 4 rings (SSSR count). The van der Waals surface area contributed by atoms with E-state index in [0.29, 0.717) is 11.4 Å². The van der Waals surface area contributed by atoms with Gasteiger partial charge in [0.05, 0.1) is 5.69 Å². The quantitative estimate of drug-likeness (QED) is 0.849. The monoisotopic (exact) mass is 360 g/mol. The van der Waals surface area contributed by atoms with Crippen molar-refractivity contribution in [2.24, 2.45) is 0 Å². The number of carbonyl (C=O) groups excluding carboxylic acids is 2. The van der Waals surface area contributed by atoms with Gasteiger partial charge in [0.2, 0.25) is 5.91 Å². The van der Waals surface area contributed by atoms with Gasteiger partial charge in [0.25, 0.3) is 5.91 Å². The Bertz CT molecular complexity index is 940. The van der Waals surface area contributed by atoms with Crippen LogP contribution in [0, 0.1) is 0 Å². The predicted molar refractivity (Wildman–Crippen MR) is 105 cm³/mol. The van der Waals surface area contributed by atoms with E-state index < -0.39 is 0 Å². The molecule has 5 heteroatoms. The van der Waals surface area contributed by atoms with Gasteiger partial charge in [-0.1, -0.05) is 36.4 Å². The molecule has 2 aliphatic heterocycles. The number of para-hydroxylation sites is 2. The number of ether oxygens (including phenoxy) is 1. The van der Waals surface area contributed by atoms with E-state index in [4.69, 9.17) is 4.74 Å². The third-order valence-electron chi connectivity index (χ3n) is 4.68. The number of nitrogens with one attached hydrogen (secondary N) is 1. The molecule has 0 atom stereocenters. The van der Waals surface area contributed by atoms with Gasteiger partial charge in [-0.15, -0.1) is 0 Å². The van der Waals surface area contributed by atoms with Crippen LogP contribution in [-0.2, 0) is 9.59 Å². The summed E-state index contributed by atoms with van der Waals surface area (Å²) in [6.07, 6.45) is 7.22. The number of carbonyl (C=O) groups is 2. The van der Waals surface area contributed by atoms with E-state index in [1.165, 1.54) is 0 Å². The molecule has 1 fully saturated rings. The van der Waals surface area contributed by atoms with E-state index in [9.17, 15) is 9.59 Å². The minimum Gasteiger partial charge on any atom is -0.449 e. The highest BCUT2D eigenvalue weighted by Gasteiger charge is 2.21. The van der Waals surface area contributed by atoms with Crippen LogP contribution in [0.5, 0.6) is 5.75 Å². The molecular weight excluding hydrogens is 340 g/mol. The van der Waals surface area contributed by atoms with Gasteiger partial charge in [-0.3, -0.25) is 9.59 Å². The molecule has 1 N–H and O–H groups in total. The lowest BCUT2D eigenvalue weighted by atomic mass is 10.1. The molecule has 0 spiro atoms. The van der Waals surface area contributed by atoms with Crippen LogP contribution in [-0.4, -0.2) is 29.8 Å². The molecule has 0 radical (unpaired) electrons. The van der Waals surface area contributed by atoms with Crippen molar-refractivity contribution in [1.82, 2.24) is 4.90 Å². The second kappa shape index (κ2) is 7.50. The largest absolute Gasteiger partial charge is 0.449 e. The Balaban J connectivity index is 1.59. The Labute approximate surface area is 157 Å². The molecule has 2 aromatic rings. The van der Waals surface area contributed by atoms with Gasteiger partial charge in [-0.05, 0) is 48.3 Å². The first kappa shape index (κ1) is 17.1. The maximum atomic E-state index is 12.3. The lowest BCUT2D eigenvalue weighted by Crippen LogP contribution is -2.25. The smallest absolute Gasteiger partial charge is 0.291 e. The summed E-state index contributed by atoms with van der Waals surface area (Å²) in [4.78, 5) is 26.4. The average Bonchev–Trinajstić information content (AvgIpc) is 3.22. The fourth-order valence-corrected chi connectivity index (χ4v) is 3.24. The Hall–Kier alpha value is -3.34.